The summed E-state index contributed by atoms with van der Waals surface area (Å²) in [6.45, 7) is 0. The Labute approximate surface area is 94.8 Å². The van der Waals surface area contributed by atoms with Crippen LogP contribution >= 0.6 is 0 Å². The monoisotopic (exact) mass is 235 g/mol. The molecule has 9 heteroatoms. The van der Waals surface area contributed by atoms with Gasteiger partial charge in [-0.2, -0.15) is 9.89 Å². The number of nitro groups is 1. The van der Waals surface area contributed by atoms with Crippen LogP contribution in [0, 0.1) is 10.1 Å². The minimum atomic E-state index is -0.502. The highest BCUT2D eigenvalue weighted by molar-refractivity contribution is 5.91. The molecule has 0 aliphatic rings. The Morgan fingerprint density at radius 3 is 3.00 bits per heavy atom. The van der Waals surface area contributed by atoms with Gasteiger partial charge in [0.15, 0.2) is 5.52 Å². The van der Waals surface area contributed by atoms with Crippen molar-refractivity contribution in [3.8, 4) is 0 Å². The molecule has 0 amide bonds. The maximum absolute atomic E-state index is 10.9. The summed E-state index contributed by atoms with van der Waals surface area (Å²) in [7, 11) is 0. The van der Waals surface area contributed by atoms with E-state index >= 15 is 0 Å². The van der Waals surface area contributed by atoms with Crippen LogP contribution in [0.2, 0.25) is 0 Å². The van der Waals surface area contributed by atoms with Gasteiger partial charge in [0.05, 0.1) is 11.1 Å². The quantitative estimate of drug-likeness (QED) is 0.214. The molecule has 1 aromatic heterocycles. The van der Waals surface area contributed by atoms with Gasteiger partial charge in [-0.1, -0.05) is 12.1 Å². The van der Waals surface area contributed by atoms with E-state index in [2.05, 4.69) is 15.6 Å². The number of hydrogen-bond acceptors (Lipinski definition) is 5. The average molecular weight is 235 g/mol. The maximum atomic E-state index is 10.9. The average Bonchev–Trinajstić information content (AvgIpc) is 2.72. The number of benzene rings is 1. The van der Waals surface area contributed by atoms with E-state index in [-0.39, 0.29) is 11.6 Å². The molecule has 0 atom stereocenters. The van der Waals surface area contributed by atoms with Crippen molar-refractivity contribution in [1.29, 1.82) is 0 Å². The van der Waals surface area contributed by atoms with Crippen LogP contribution in [-0.4, -0.2) is 20.8 Å². The van der Waals surface area contributed by atoms with Crippen LogP contribution in [0.5, 0.6) is 0 Å². The Kier molecular flexibility index (Phi) is 2.49. The Hall–Kier alpha value is -2.84. The van der Waals surface area contributed by atoms with Gasteiger partial charge in [-0.25, -0.2) is 5.43 Å². The smallest absolute Gasteiger partial charge is 0.297 e. The van der Waals surface area contributed by atoms with E-state index in [0.29, 0.717) is 10.9 Å². The van der Waals surface area contributed by atoms with E-state index in [1.54, 1.807) is 12.1 Å². The first-order chi connectivity index (χ1) is 8.13. The van der Waals surface area contributed by atoms with Crippen molar-refractivity contribution in [2.75, 3.05) is 5.43 Å². The number of para-hydroxylation sites is 1. The second kappa shape index (κ2) is 3.96. The van der Waals surface area contributed by atoms with Crippen LogP contribution in [-0.2, 0) is 0 Å². The van der Waals surface area contributed by atoms with Gasteiger partial charge in [-0.3, -0.25) is 10.1 Å². The van der Waals surface area contributed by atoms with E-state index in [9.17, 15) is 10.1 Å². The zero-order chi connectivity index (χ0) is 12.4. The van der Waals surface area contributed by atoms with Crippen LogP contribution < -0.4 is 17.0 Å². The Bertz CT molecular complexity index is 603. The second-order valence-electron chi connectivity index (χ2n) is 3.15. The van der Waals surface area contributed by atoms with Crippen LogP contribution in [0.1, 0.15) is 0 Å². The predicted molar refractivity (Wildman–Crippen MR) is 61.6 cm³/mol. The van der Waals surface area contributed by atoms with Crippen molar-refractivity contribution in [1.82, 2.24) is 9.89 Å². The second-order valence-corrected chi connectivity index (χ2v) is 3.15. The first-order valence-electron chi connectivity index (χ1n) is 4.55. The molecule has 5 N–H and O–H groups in total. The fourth-order valence-corrected chi connectivity index (χ4v) is 1.43. The molecule has 9 nitrogen and oxygen atoms in total. The van der Waals surface area contributed by atoms with Crippen LogP contribution in [0.3, 0.4) is 0 Å². The zero-order valence-electron chi connectivity index (χ0n) is 8.57. The molecule has 0 saturated heterocycles. The van der Waals surface area contributed by atoms with Crippen molar-refractivity contribution in [2.24, 2.45) is 16.7 Å². The van der Waals surface area contributed by atoms with Crippen molar-refractivity contribution in [3.05, 3.63) is 34.5 Å². The van der Waals surface area contributed by atoms with Crippen LogP contribution in [0.4, 0.5) is 5.69 Å². The van der Waals surface area contributed by atoms with E-state index in [1.165, 1.54) is 12.3 Å². The van der Waals surface area contributed by atoms with Crippen molar-refractivity contribution in [2.45, 2.75) is 0 Å². The van der Waals surface area contributed by atoms with Gasteiger partial charge < -0.3 is 11.6 Å². The molecule has 17 heavy (non-hydrogen) atoms. The lowest BCUT2D eigenvalue weighted by Crippen LogP contribution is -2.32. The minimum Gasteiger partial charge on any atom is -0.367 e. The lowest BCUT2D eigenvalue weighted by atomic mass is 10.2. The third-order valence-corrected chi connectivity index (χ3v) is 2.13. The highest BCUT2D eigenvalue weighted by Crippen LogP contribution is 2.23. The maximum Gasteiger partial charge on any atom is 0.297 e. The van der Waals surface area contributed by atoms with Crippen LogP contribution in [0.25, 0.3) is 10.9 Å². The number of guanidine groups is 1. The SMILES string of the molecule is NN=C(N)Nn1ncc2cccc([N+](=O)[O-])c21. The van der Waals surface area contributed by atoms with Gasteiger partial charge in [0, 0.05) is 11.5 Å². The topological polar surface area (TPSA) is 137 Å². The minimum absolute atomic E-state index is 0.0858. The highest BCUT2D eigenvalue weighted by Gasteiger charge is 2.16. The largest absolute Gasteiger partial charge is 0.367 e. The van der Waals surface area contributed by atoms with Gasteiger partial charge in [0.25, 0.3) is 5.69 Å². The Morgan fingerprint density at radius 2 is 2.35 bits per heavy atom. The summed E-state index contributed by atoms with van der Waals surface area (Å²) < 4.78 is 0. The lowest BCUT2D eigenvalue weighted by Gasteiger charge is -2.05. The Balaban J connectivity index is 2.61. The van der Waals surface area contributed by atoms with Gasteiger partial charge in [-0.15, -0.1) is 5.10 Å². The number of aromatic nitrogens is 2. The first-order valence-corrected chi connectivity index (χ1v) is 4.55. The predicted octanol–water partition coefficient (Wildman–Crippen LogP) is -0.324. The highest BCUT2D eigenvalue weighted by atomic mass is 16.6. The molecule has 0 unspecified atom stereocenters. The molecule has 0 aliphatic heterocycles. The van der Waals surface area contributed by atoms with E-state index in [0.717, 1.165) is 4.79 Å². The van der Waals surface area contributed by atoms with Gasteiger partial charge in [-0.05, 0) is 0 Å². The van der Waals surface area contributed by atoms with Crippen molar-refractivity contribution >= 4 is 22.5 Å². The lowest BCUT2D eigenvalue weighted by molar-refractivity contribution is -0.383. The number of nitrogens with two attached hydrogens (primary N) is 2. The number of non-ortho nitro benzene ring substituents is 1. The summed E-state index contributed by atoms with van der Waals surface area (Å²) in [5, 5.41) is 18.6. The standard InChI is InChI=1S/C8H9N7O2/c9-8(12-10)13-14-7-5(4-11-14)2-1-3-6(7)15(16)17/h1-4H,10H2,(H3,9,12,13). The zero-order valence-corrected chi connectivity index (χ0v) is 8.57. The Morgan fingerprint density at radius 1 is 1.59 bits per heavy atom. The third-order valence-electron chi connectivity index (χ3n) is 2.13. The molecule has 0 aliphatic carbocycles. The molecule has 88 valence electrons. The fourth-order valence-electron chi connectivity index (χ4n) is 1.43. The molecule has 0 saturated carbocycles. The molecular weight excluding hydrogens is 226 g/mol. The van der Waals surface area contributed by atoms with Crippen LogP contribution in [0.15, 0.2) is 29.5 Å². The number of hydrogen-bond donors (Lipinski definition) is 3. The normalized spacial score (nSPS) is 11.6. The summed E-state index contributed by atoms with van der Waals surface area (Å²) in [4.78, 5) is 11.5. The van der Waals surface area contributed by atoms with Gasteiger partial charge >= 0.3 is 0 Å². The third kappa shape index (κ3) is 1.80. The van der Waals surface area contributed by atoms with E-state index in [1.807, 2.05) is 0 Å². The number of hydrazone groups is 1. The summed E-state index contributed by atoms with van der Waals surface area (Å²) >= 11 is 0. The fraction of sp³-hybridized carbons (Fsp3) is 0. The van der Waals surface area contributed by atoms with Gasteiger partial charge in [0.2, 0.25) is 5.96 Å². The number of rotatable bonds is 2. The molecule has 1 heterocycles. The van der Waals surface area contributed by atoms with Crippen molar-refractivity contribution in [3.63, 3.8) is 0 Å². The number of fused-ring (bicyclic) bond motifs is 1. The van der Waals surface area contributed by atoms with E-state index < -0.39 is 4.92 Å². The van der Waals surface area contributed by atoms with Gasteiger partial charge in [0.1, 0.15) is 0 Å². The molecular formula is C8H9N7O2. The molecule has 0 bridgehead atoms. The molecule has 0 radical (unpaired) electrons. The van der Waals surface area contributed by atoms with Crippen molar-refractivity contribution < 1.29 is 4.92 Å². The first kappa shape index (κ1) is 10.7. The number of nitrogens with one attached hydrogen (secondary N) is 1. The number of nitro benzene ring substituents is 1. The van der Waals surface area contributed by atoms with E-state index in [4.69, 9.17) is 11.6 Å². The molecule has 2 rings (SSSR count). The summed E-state index contributed by atoms with van der Waals surface area (Å²) in [6.07, 6.45) is 1.47. The molecule has 0 spiro atoms. The molecule has 1 aromatic carbocycles. The summed E-state index contributed by atoms with van der Waals surface area (Å²) in [5.74, 6) is 4.85. The number of nitrogens with zero attached hydrogens (tertiary/aromatic N) is 4. The molecule has 0 fully saturated rings. The molecule has 2 aromatic rings. The summed E-state index contributed by atoms with van der Waals surface area (Å²) in [5.41, 5.74) is 8.09. The summed E-state index contributed by atoms with van der Waals surface area (Å²) in [6, 6.07) is 4.65.